The molecule has 5 nitrogen and oxygen atoms in total. The van der Waals surface area contributed by atoms with Crippen LogP contribution < -0.4 is 0 Å². The highest BCUT2D eigenvalue weighted by molar-refractivity contribution is 8.76. The van der Waals surface area contributed by atoms with E-state index in [1.54, 1.807) is 16.9 Å². The predicted molar refractivity (Wildman–Crippen MR) is 129 cm³/mol. The summed E-state index contributed by atoms with van der Waals surface area (Å²) in [5, 5.41) is 20.0. The molecule has 0 saturated carbocycles. The topological polar surface area (TPSA) is 80.4 Å². The molecule has 0 heterocycles. The molecule has 0 aliphatic rings. The van der Waals surface area contributed by atoms with E-state index in [2.05, 4.69) is 6.92 Å². The Labute approximate surface area is 189 Å². The Morgan fingerprint density at radius 1 is 0.900 bits per heavy atom. The summed E-state index contributed by atoms with van der Waals surface area (Å²) >= 11 is 0. The van der Waals surface area contributed by atoms with Gasteiger partial charge in [-0.05, 0) is 18.6 Å². The van der Waals surface area contributed by atoms with Crippen LogP contribution >= 0.6 is 21.6 Å². The molecule has 7 heteroatoms. The van der Waals surface area contributed by atoms with Gasteiger partial charge in [-0.15, -0.1) is 0 Å². The van der Waals surface area contributed by atoms with E-state index in [0.29, 0.717) is 0 Å². The molecule has 1 aromatic carbocycles. The molecule has 0 radical (unpaired) electrons. The summed E-state index contributed by atoms with van der Waals surface area (Å²) in [6, 6.07) is 4.29. The number of rotatable bonds is 19. The minimum Gasteiger partial charge on any atom is -0.477 e. The number of nitrogens with zero attached hydrogens (tertiary/aromatic N) is 1. The number of carboxylic acids is 1. The van der Waals surface area contributed by atoms with Crippen molar-refractivity contribution < 1.29 is 14.8 Å². The van der Waals surface area contributed by atoms with Crippen LogP contribution in [0.4, 0.5) is 5.69 Å². The molecule has 0 saturated heterocycles. The maximum atomic E-state index is 11.2. The number of benzene rings is 1. The second kappa shape index (κ2) is 17.5. The summed E-state index contributed by atoms with van der Waals surface area (Å²) in [6.45, 7) is 2.26. The third-order valence-corrected chi connectivity index (χ3v) is 7.58. The number of aromatic carboxylic acids is 1. The fraction of sp³-hybridized carbons (Fsp3) is 0.696. The van der Waals surface area contributed by atoms with Crippen LogP contribution in [-0.2, 0) is 0 Å². The van der Waals surface area contributed by atoms with Gasteiger partial charge in [-0.25, -0.2) is 4.79 Å². The van der Waals surface area contributed by atoms with Gasteiger partial charge in [-0.1, -0.05) is 112 Å². The van der Waals surface area contributed by atoms with Gasteiger partial charge in [0.15, 0.2) is 0 Å². The van der Waals surface area contributed by atoms with E-state index >= 15 is 0 Å². The number of nitro groups is 1. The summed E-state index contributed by atoms with van der Waals surface area (Å²) in [5.41, 5.74) is -0.606. The van der Waals surface area contributed by atoms with Gasteiger partial charge in [0, 0.05) is 16.7 Å². The fourth-order valence-corrected chi connectivity index (χ4v) is 5.52. The van der Waals surface area contributed by atoms with Crippen molar-refractivity contribution >= 4 is 33.2 Å². The molecular weight excluding hydrogens is 418 g/mol. The van der Waals surface area contributed by atoms with E-state index in [1.165, 1.54) is 106 Å². The second-order valence-corrected chi connectivity index (χ2v) is 10.2. The summed E-state index contributed by atoms with van der Waals surface area (Å²) in [4.78, 5) is 22.2. The van der Waals surface area contributed by atoms with Crippen molar-refractivity contribution in [1.82, 2.24) is 0 Å². The molecule has 0 bridgehead atoms. The molecule has 1 aromatic rings. The first-order valence-electron chi connectivity index (χ1n) is 11.4. The van der Waals surface area contributed by atoms with Crippen molar-refractivity contribution in [2.45, 2.75) is 102 Å². The molecule has 1 rings (SSSR count). The Kier molecular flexibility index (Phi) is 15.6. The first-order valence-corrected chi connectivity index (χ1v) is 13.7. The second-order valence-electron chi connectivity index (χ2n) is 7.74. The fourth-order valence-electron chi connectivity index (χ4n) is 3.36. The van der Waals surface area contributed by atoms with Crippen molar-refractivity contribution in [2.24, 2.45) is 0 Å². The molecule has 0 aliphatic heterocycles. The summed E-state index contributed by atoms with van der Waals surface area (Å²) in [7, 11) is 3.17. The Bertz CT molecular complexity index is 625. The molecule has 0 spiro atoms. The monoisotopic (exact) mass is 455 g/mol. The molecule has 1 N–H and O–H groups in total. The Balaban J connectivity index is 1.98. The zero-order valence-corrected chi connectivity index (χ0v) is 19.9. The lowest BCUT2D eigenvalue weighted by Crippen LogP contribution is -2.02. The maximum absolute atomic E-state index is 11.2. The SMILES string of the molecule is CCCCCCCCCCCCCCCCSSc1ccc([N+](=O)[O-])c(C(=O)O)c1. The highest BCUT2D eigenvalue weighted by Crippen LogP contribution is 2.34. The molecular formula is C23H37NO4S2. The average Bonchev–Trinajstić information content (AvgIpc) is 2.73. The first-order chi connectivity index (χ1) is 14.6. The van der Waals surface area contributed by atoms with Crippen molar-refractivity contribution in [1.29, 1.82) is 0 Å². The van der Waals surface area contributed by atoms with Crippen molar-refractivity contribution in [3.05, 3.63) is 33.9 Å². The molecule has 0 fully saturated rings. The molecule has 30 heavy (non-hydrogen) atoms. The largest absolute Gasteiger partial charge is 0.477 e. The van der Waals surface area contributed by atoms with Gasteiger partial charge in [-0.2, -0.15) is 0 Å². The predicted octanol–water partition coefficient (Wildman–Crippen LogP) is 8.51. The van der Waals surface area contributed by atoms with Crippen LogP contribution in [0.15, 0.2) is 23.1 Å². The van der Waals surface area contributed by atoms with Gasteiger partial charge in [-0.3, -0.25) is 10.1 Å². The lowest BCUT2D eigenvalue weighted by Gasteiger charge is -2.04. The van der Waals surface area contributed by atoms with E-state index < -0.39 is 10.9 Å². The van der Waals surface area contributed by atoms with Crippen molar-refractivity contribution in [2.75, 3.05) is 5.75 Å². The van der Waals surface area contributed by atoms with E-state index in [-0.39, 0.29) is 11.3 Å². The third-order valence-electron chi connectivity index (χ3n) is 5.13. The van der Waals surface area contributed by atoms with Gasteiger partial charge in [0.1, 0.15) is 5.56 Å². The van der Waals surface area contributed by atoms with Crippen LogP contribution in [-0.4, -0.2) is 21.8 Å². The molecule has 0 atom stereocenters. The van der Waals surface area contributed by atoms with Crippen LogP contribution in [0.1, 0.15) is 107 Å². The first kappa shape index (κ1) is 26.8. The minimum absolute atomic E-state index is 0.248. The average molecular weight is 456 g/mol. The highest BCUT2D eigenvalue weighted by atomic mass is 33.1. The van der Waals surface area contributed by atoms with Crippen molar-refractivity contribution in [3.63, 3.8) is 0 Å². The summed E-state index contributed by atoms with van der Waals surface area (Å²) in [6.07, 6.45) is 18.8. The van der Waals surface area contributed by atoms with Gasteiger partial charge in [0.25, 0.3) is 5.69 Å². The lowest BCUT2D eigenvalue weighted by molar-refractivity contribution is -0.385. The van der Waals surface area contributed by atoms with E-state index in [4.69, 9.17) is 5.11 Å². The molecule has 0 aromatic heterocycles. The van der Waals surface area contributed by atoms with E-state index in [9.17, 15) is 14.9 Å². The van der Waals surface area contributed by atoms with Gasteiger partial charge in [0.05, 0.1) is 4.92 Å². The number of nitro benzene ring substituents is 1. The minimum atomic E-state index is -1.26. The number of carboxylic acid groups (broad SMARTS) is 1. The number of carbonyl (C=O) groups is 1. The Morgan fingerprint density at radius 3 is 1.87 bits per heavy atom. The van der Waals surface area contributed by atoms with Crippen LogP contribution in [0.3, 0.4) is 0 Å². The quantitative estimate of drug-likeness (QED) is 0.0974. The number of hydrogen-bond donors (Lipinski definition) is 1. The van der Waals surface area contributed by atoms with E-state index in [1.807, 2.05) is 0 Å². The standard InChI is InChI=1S/C23H37NO4S2/c1-2-3-4-5-6-7-8-9-10-11-12-13-14-15-18-29-30-20-16-17-22(24(27)28)21(19-20)23(25)26/h16-17,19H,2-15,18H2,1H3,(H,25,26). The summed E-state index contributed by atoms with van der Waals surface area (Å²) in [5.74, 6) is -0.261. The van der Waals surface area contributed by atoms with Crippen LogP contribution in [0.25, 0.3) is 0 Å². The van der Waals surface area contributed by atoms with Gasteiger partial charge >= 0.3 is 5.97 Å². The summed E-state index contributed by atoms with van der Waals surface area (Å²) < 4.78 is 0. The molecule has 0 unspecified atom stereocenters. The molecule has 0 amide bonds. The van der Waals surface area contributed by atoms with Gasteiger partial charge < -0.3 is 5.11 Å². The van der Waals surface area contributed by atoms with Crippen LogP contribution in [0, 0.1) is 10.1 Å². The third kappa shape index (κ3) is 12.5. The number of hydrogen-bond acceptors (Lipinski definition) is 5. The molecule has 0 aliphatic carbocycles. The normalized spacial score (nSPS) is 11.0. The zero-order valence-electron chi connectivity index (χ0n) is 18.3. The van der Waals surface area contributed by atoms with Gasteiger partial charge in [0.2, 0.25) is 0 Å². The van der Waals surface area contributed by atoms with Crippen LogP contribution in [0.5, 0.6) is 0 Å². The smallest absolute Gasteiger partial charge is 0.342 e. The Morgan fingerprint density at radius 2 is 1.40 bits per heavy atom. The molecule has 170 valence electrons. The van der Waals surface area contributed by atoms with E-state index in [0.717, 1.165) is 17.1 Å². The highest BCUT2D eigenvalue weighted by Gasteiger charge is 2.20. The van der Waals surface area contributed by atoms with Crippen LogP contribution in [0.2, 0.25) is 0 Å². The lowest BCUT2D eigenvalue weighted by atomic mass is 10.0. The van der Waals surface area contributed by atoms with Crippen molar-refractivity contribution in [3.8, 4) is 0 Å². The zero-order chi connectivity index (χ0) is 22.0. The number of unbranched alkanes of at least 4 members (excludes halogenated alkanes) is 13. The maximum Gasteiger partial charge on any atom is 0.342 e. The Hall–Kier alpha value is -1.21.